The first kappa shape index (κ1) is 15.3. The quantitative estimate of drug-likeness (QED) is 0.856. The third-order valence-corrected chi connectivity index (χ3v) is 4.49. The molecule has 112 valence electrons. The van der Waals surface area contributed by atoms with Gasteiger partial charge >= 0.3 is 0 Å². The van der Waals surface area contributed by atoms with E-state index in [0.29, 0.717) is 6.04 Å². The molecule has 1 saturated heterocycles. The van der Waals surface area contributed by atoms with Crippen LogP contribution >= 0.6 is 0 Å². The molecule has 3 heteroatoms. The lowest BCUT2D eigenvalue weighted by molar-refractivity contribution is 0.393. The SMILES string of the molecule is CCCNC(C)c1ccc(N2CCC(CC)CC2)nc1. The van der Waals surface area contributed by atoms with Gasteiger partial charge in [0.15, 0.2) is 0 Å². The maximum absolute atomic E-state index is 4.67. The van der Waals surface area contributed by atoms with Crippen molar-refractivity contribution in [2.75, 3.05) is 24.5 Å². The summed E-state index contributed by atoms with van der Waals surface area (Å²) in [6.07, 6.45) is 7.15. The van der Waals surface area contributed by atoms with Crippen LogP contribution in [0.4, 0.5) is 5.82 Å². The molecule has 0 spiro atoms. The number of hydrogen-bond donors (Lipinski definition) is 1. The molecule has 2 rings (SSSR count). The van der Waals surface area contributed by atoms with Crippen molar-refractivity contribution in [3.05, 3.63) is 23.9 Å². The molecular formula is C17H29N3. The summed E-state index contributed by atoms with van der Waals surface area (Å²) in [6.45, 7) is 10.1. The average molecular weight is 275 g/mol. The zero-order valence-electron chi connectivity index (χ0n) is 13.2. The topological polar surface area (TPSA) is 28.2 Å². The molecule has 1 aliphatic heterocycles. The van der Waals surface area contributed by atoms with Gasteiger partial charge in [-0.2, -0.15) is 0 Å². The van der Waals surface area contributed by atoms with Crippen molar-refractivity contribution >= 4 is 5.82 Å². The largest absolute Gasteiger partial charge is 0.357 e. The molecule has 0 amide bonds. The second kappa shape index (κ2) is 7.63. The van der Waals surface area contributed by atoms with Gasteiger partial charge in [0.05, 0.1) is 0 Å². The van der Waals surface area contributed by atoms with E-state index in [4.69, 9.17) is 0 Å². The fraction of sp³-hybridized carbons (Fsp3) is 0.706. The van der Waals surface area contributed by atoms with Crippen molar-refractivity contribution in [1.82, 2.24) is 10.3 Å². The molecular weight excluding hydrogens is 246 g/mol. The first-order chi connectivity index (χ1) is 9.74. The number of pyridine rings is 1. The van der Waals surface area contributed by atoms with E-state index in [0.717, 1.165) is 31.4 Å². The summed E-state index contributed by atoms with van der Waals surface area (Å²) in [5, 5.41) is 3.51. The van der Waals surface area contributed by atoms with Crippen molar-refractivity contribution in [2.24, 2.45) is 5.92 Å². The Hall–Kier alpha value is -1.09. The van der Waals surface area contributed by atoms with Crippen molar-refractivity contribution in [2.45, 2.75) is 52.5 Å². The van der Waals surface area contributed by atoms with E-state index in [9.17, 15) is 0 Å². The fourth-order valence-electron chi connectivity index (χ4n) is 2.89. The van der Waals surface area contributed by atoms with Crippen molar-refractivity contribution in [3.63, 3.8) is 0 Å². The fourth-order valence-corrected chi connectivity index (χ4v) is 2.89. The molecule has 20 heavy (non-hydrogen) atoms. The van der Waals surface area contributed by atoms with Gasteiger partial charge in [0.25, 0.3) is 0 Å². The number of anilines is 1. The highest BCUT2D eigenvalue weighted by atomic mass is 15.2. The first-order valence-electron chi connectivity index (χ1n) is 8.18. The Morgan fingerprint density at radius 3 is 2.60 bits per heavy atom. The smallest absolute Gasteiger partial charge is 0.128 e. The van der Waals surface area contributed by atoms with Crippen molar-refractivity contribution < 1.29 is 0 Å². The van der Waals surface area contributed by atoms with Crippen LogP contribution < -0.4 is 10.2 Å². The van der Waals surface area contributed by atoms with Gasteiger partial charge in [-0.15, -0.1) is 0 Å². The number of hydrogen-bond acceptors (Lipinski definition) is 3. The maximum atomic E-state index is 4.67. The zero-order valence-corrected chi connectivity index (χ0v) is 13.2. The van der Waals surface area contributed by atoms with Crippen molar-refractivity contribution in [3.8, 4) is 0 Å². The highest BCUT2D eigenvalue weighted by molar-refractivity contribution is 5.40. The summed E-state index contributed by atoms with van der Waals surface area (Å²) in [4.78, 5) is 7.10. The third kappa shape index (κ3) is 3.95. The van der Waals surface area contributed by atoms with Crippen LogP contribution in [0, 0.1) is 5.92 Å². The van der Waals surface area contributed by atoms with Gasteiger partial charge in [-0.1, -0.05) is 26.3 Å². The molecule has 1 N–H and O–H groups in total. The summed E-state index contributed by atoms with van der Waals surface area (Å²) in [5.74, 6) is 2.06. The summed E-state index contributed by atoms with van der Waals surface area (Å²) in [6, 6.07) is 4.80. The molecule has 1 aromatic rings. The number of rotatable bonds is 6. The number of aromatic nitrogens is 1. The monoisotopic (exact) mass is 275 g/mol. The minimum atomic E-state index is 0.391. The first-order valence-corrected chi connectivity index (χ1v) is 8.18. The van der Waals surface area contributed by atoms with E-state index in [-0.39, 0.29) is 0 Å². The molecule has 1 aromatic heterocycles. The lowest BCUT2D eigenvalue weighted by Gasteiger charge is -2.32. The average Bonchev–Trinajstić information content (AvgIpc) is 2.53. The van der Waals surface area contributed by atoms with E-state index in [1.165, 1.54) is 31.2 Å². The van der Waals surface area contributed by atoms with Crippen LogP contribution in [0.3, 0.4) is 0 Å². The summed E-state index contributed by atoms with van der Waals surface area (Å²) in [7, 11) is 0. The van der Waals surface area contributed by atoms with E-state index in [2.05, 4.69) is 48.1 Å². The molecule has 1 fully saturated rings. The molecule has 0 aliphatic carbocycles. The molecule has 1 atom stereocenters. The molecule has 1 aliphatic rings. The molecule has 0 radical (unpaired) electrons. The number of nitrogens with zero attached hydrogens (tertiary/aromatic N) is 2. The lowest BCUT2D eigenvalue weighted by Crippen LogP contribution is -2.34. The molecule has 2 heterocycles. The van der Waals surface area contributed by atoms with Gasteiger partial charge in [-0.3, -0.25) is 0 Å². The van der Waals surface area contributed by atoms with Gasteiger partial charge in [-0.25, -0.2) is 4.98 Å². The molecule has 3 nitrogen and oxygen atoms in total. The predicted octanol–water partition coefficient (Wildman–Crippen LogP) is 3.77. The van der Waals surface area contributed by atoms with Gasteiger partial charge in [-0.05, 0) is 50.3 Å². The van der Waals surface area contributed by atoms with Crippen LogP contribution in [0.2, 0.25) is 0 Å². The van der Waals surface area contributed by atoms with E-state index in [1.54, 1.807) is 0 Å². The van der Waals surface area contributed by atoms with Crippen LogP contribution in [0.15, 0.2) is 18.3 Å². The summed E-state index contributed by atoms with van der Waals surface area (Å²) in [5.41, 5.74) is 1.28. The minimum Gasteiger partial charge on any atom is -0.357 e. The molecule has 0 aromatic carbocycles. The Morgan fingerprint density at radius 1 is 1.30 bits per heavy atom. The Labute approximate surface area is 123 Å². The molecule has 0 saturated carbocycles. The standard InChI is InChI=1S/C17H29N3/c1-4-10-18-14(3)16-6-7-17(19-13-16)20-11-8-15(5-2)9-12-20/h6-7,13-15,18H,4-5,8-12H2,1-3H3. The van der Waals surface area contributed by atoms with E-state index < -0.39 is 0 Å². The van der Waals surface area contributed by atoms with E-state index >= 15 is 0 Å². The molecule has 0 bridgehead atoms. The normalized spacial score (nSPS) is 18.2. The maximum Gasteiger partial charge on any atom is 0.128 e. The number of piperidine rings is 1. The highest BCUT2D eigenvalue weighted by Gasteiger charge is 2.18. The zero-order chi connectivity index (χ0) is 14.4. The molecule has 1 unspecified atom stereocenters. The Morgan fingerprint density at radius 2 is 2.05 bits per heavy atom. The van der Waals surface area contributed by atoms with Gasteiger partial charge in [0.2, 0.25) is 0 Å². The Kier molecular flexibility index (Phi) is 5.84. The third-order valence-electron chi connectivity index (χ3n) is 4.49. The number of nitrogens with one attached hydrogen (secondary N) is 1. The minimum absolute atomic E-state index is 0.391. The van der Waals surface area contributed by atoms with Gasteiger partial charge in [0, 0.05) is 25.3 Å². The highest BCUT2D eigenvalue weighted by Crippen LogP contribution is 2.24. The summed E-state index contributed by atoms with van der Waals surface area (Å²) < 4.78 is 0. The van der Waals surface area contributed by atoms with Crippen LogP contribution in [0.1, 0.15) is 58.1 Å². The van der Waals surface area contributed by atoms with E-state index in [1.807, 2.05) is 6.20 Å². The predicted molar refractivity (Wildman–Crippen MR) is 86.2 cm³/mol. The Bertz CT molecular complexity index is 380. The second-order valence-electron chi connectivity index (χ2n) is 5.96. The van der Waals surface area contributed by atoms with Crippen LogP contribution in [0.25, 0.3) is 0 Å². The van der Waals surface area contributed by atoms with Crippen LogP contribution in [0.5, 0.6) is 0 Å². The van der Waals surface area contributed by atoms with Gasteiger partial charge in [0.1, 0.15) is 5.82 Å². The van der Waals surface area contributed by atoms with Crippen LogP contribution in [-0.4, -0.2) is 24.6 Å². The lowest BCUT2D eigenvalue weighted by atomic mass is 9.94. The second-order valence-corrected chi connectivity index (χ2v) is 5.96. The summed E-state index contributed by atoms with van der Waals surface area (Å²) >= 11 is 0. The Balaban J connectivity index is 1.91. The van der Waals surface area contributed by atoms with Gasteiger partial charge < -0.3 is 10.2 Å². The van der Waals surface area contributed by atoms with Crippen LogP contribution in [-0.2, 0) is 0 Å². The van der Waals surface area contributed by atoms with Crippen molar-refractivity contribution in [1.29, 1.82) is 0 Å².